The predicted molar refractivity (Wildman–Crippen MR) is 65.6 cm³/mol. The molecule has 0 radical (unpaired) electrons. The zero-order chi connectivity index (χ0) is 12.5. The average Bonchev–Trinajstić information content (AvgIpc) is 3.05. The Bertz CT molecular complexity index is 293. The van der Waals surface area contributed by atoms with E-state index >= 15 is 0 Å². The monoisotopic (exact) mass is 241 g/mol. The minimum absolute atomic E-state index is 0.261. The van der Waals surface area contributed by atoms with Gasteiger partial charge in [-0.3, -0.25) is 15.0 Å². The fraction of sp³-hybridized carbons (Fsp3) is 0.917. The average molecular weight is 241 g/mol. The molecule has 0 aromatic rings. The number of morpholine rings is 1. The Morgan fingerprint density at radius 3 is 2.82 bits per heavy atom. The second-order valence-corrected chi connectivity index (χ2v) is 5.51. The molecule has 1 aliphatic heterocycles. The molecule has 98 valence electrons. The normalized spacial score (nSPS) is 29.9. The smallest absolute Gasteiger partial charge is 0.238 e. The van der Waals surface area contributed by atoms with Crippen LogP contribution in [0.4, 0.5) is 0 Å². The molecule has 5 nitrogen and oxygen atoms in total. The number of nitrogens with one attached hydrogen (secondary N) is 1. The maximum atomic E-state index is 11.7. The summed E-state index contributed by atoms with van der Waals surface area (Å²) in [5, 5.41) is 3.38. The Labute approximate surface area is 103 Å². The van der Waals surface area contributed by atoms with E-state index in [4.69, 9.17) is 10.5 Å². The Morgan fingerprint density at radius 2 is 2.29 bits per heavy atom. The van der Waals surface area contributed by atoms with Crippen LogP contribution in [0.1, 0.15) is 26.7 Å². The highest BCUT2D eigenvalue weighted by atomic mass is 16.5. The Balaban J connectivity index is 1.97. The van der Waals surface area contributed by atoms with Gasteiger partial charge in [-0.1, -0.05) is 0 Å². The number of rotatable bonds is 5. The summed E-state index contributed by atoms with van der Waals surface area (Å²) in [4.78, 5) is 13.9. The van der Waals surface area contributed by atoms with Gasteiger partial charge in [-0.05, 0) is 26.7 Å². The van der Waals surface area contributed by atoms with E-state index in [-0.39, 0.29) is 5.91 Å². The molecule has 1 saturated carbocycles. The largest absolute Gasteiger partial charge is 0.379 e. The molecule has 2 rings (SSSR count). The van der Waals surface area contributed by atoms with Crippen molar-refractivity contribution in [2.24, 2.45) is 5.73 Å². The highest BCUT2D eigenvalue weighted by Crippen LogP contribution is 2.23. The fourth-order valence-corrected chi connectivity index (χ4v) is 2.28. The summed E-state index contributed by atoms with van der Waals surface area (Å²) in [5.41, 5.74) is 4.93. The minimum atomic E-state index is -0.618. The summed E-state index contributed by atoms with van der Waals surface area (Å²) in [6.07, 6.45) is 2.31. The van der Waals surface area contributed by atoms with Crippen molar-refractivity contribution in [3.05, 3.63) is 0 Å². The van der Waals surface area contributed by atoms with Gasteiger partial charge in [0.2, 0.25) is 5.91 Å². The van der Waals surface area contributed by atoms with Crippen molar-refractivity contribution in [3.63, 3.8) is 0 Å². The van der Waals surface area contributed by atoms with Gasteiger partial charge in [0, 0.05) is 25.2 Å². The Morgan fingerprint density at radius 1 is 1.59 bits per heavy atom. The van der Waals surface area contributed by atoms with Gasteiger partial charge in [0.15, 0.2) is 0 Å². The lowest BCUT2D eigenvalue weighted by Gasteiger charge is -2.39. The summed E-state index contributed by atoms with van der Waals surface area (Å²) in [7, 11) is 0. The highest BCUT2D eigenvalue weighted by molar-refractivity contribution is 5.84. The maximum absolute atomic E-state index is 11.7. The van der Waals surface area contributed by atoms with Crippen molar-refractivity contribution in [1.82, 2.24) is 10.2 Å². The van der Waals surface area contributed by atoms with Gasteiger partial charge in [-0.25, -0.2) is 0 Å². The SMILES string of the molecule is CC1COCCN1CC(C)(NC1CC1)C(N)=O. The zero-order valence-electron chi connectivity index (χ0n) is 10.7. The van der Waals surface area contributed by atoms with E-state index < -0.39 is 5.54 Å². The minimum Gasteiger partial charge on any atom is -0.379 e. The molecule has 1 amide bonds. The molecule has 3 N–H and O–H groups in total. The number of carbonyl (C=O) groups is 1. The molecule has 5 heteroatoms. The lowest BCUT2D eigenvalue weighted by molar-refractivity contribution is -0.125. The first-order valence-corrected chi connectivity index (χ1v) is 6.41. The van der Waals surface area contributed by atoms with Gasteiger partial charge < -0.3 is 10.5 Å². The summed E-state index contributed by atoms with van der Waals surface area (Å²) >= 11 is 0. The second-order valence-electron chi connectivity index (χ2n) is 5.51. The van der Waals surface area contributed by atoms with E-state index in [0.717, 1.165) is 32.6 Å². The van der Waals surface area contributed by atoms with Crippen LogP contribution in [0.25, 0.3) is 0 Å². The zero-order valence-corrected chi connectivity index (χ0v) is 10.7. The quantitative estimate of drug-likeness (QED) is 0.693. The number of hydrogen-bond donors (Lipinski definition) is 2. The molecule has 17 heavy (non-hydrogen) atoms. The third-order valence-corrected chi connectivity index (χ3v) is 3.67. The van der Waals surface area contributed by atoms with Crippen molar-refractivity contribution in [3.8, 4) is 0 Å². The van der Waals surface area contributed by atoms with Crippen LogP contribution in [0, 0.1) is 0 Å². The van der Waals surface area contributed by atoms with E-state index in [9.17, 15) is 4.79 Å². The number of nitrogens with zero attached hydrogens (tertiary/aromatic N) is 1. The molecular formula is C12H23N3O2. The van der Waals surface area contributed by atoms with Crippen LogP contribution < -0.4 is 11.1 Å². The summed E-state index contributed by atoms with van der Waals surface area (Å²) < 4.78 is 5.40. The van der Waals surface area contributed by atoms with E-state index in [0.29, 0.717) is 18.6 Å². The highest BCUT2D eigenvalue weighted by Gasteiger charge is 2.39. The fourth-order valence-electron chi connectivity index (χ4n) is 2.28. The second kappa shape index (κ2) is 4.92. The van der Waals surface area contributed by atoms with Crippen molar-refractivity contribution >= 4 is 5.91 Å². The van der Waals surface area contributed by atoms with Crippen LogP contribution in [0.3, 0.4) is 0 Å². The molecule has 2 fully saturated rings. The van der Waals surface area contributed by atoms with Crippen LogP contribution in [0.5, 0.6) is 0 Å². The molecule has 1 saturated heterocycles. The first-order chi connectivity index (χ1) is 8.01. The molecule has 0 aromatic carbocycles. The van der Waals surface area contributed by atoms with Crippen molar-refractivity contribution < 1.29 is 9.53 Å². The molecule has 0 aromatic heterocycles. The van der Waals surface area contributed by atoms with Crippen LogP contribution in [0.2, 0.25) is 0 Å². The third-order valence-electron chi connectivity index (χ3n) is 3.67. The molecule has 1 aliphatic carbocycles. The van der Waals surface area contributed by atoms with Crippen molar-refractivity contribution in [2.75, 3.05) is 26.3 Å². The predicted octanol–water partition coefficient (Wildman–Crippen LogP) is -0.297. The van der Waals surface area contributed by atoms with Gasteiger partial charge in [-0.15, -0.1) is 0 Å². The molecule has 2 atom stereocenters. The number of carbonyl (C=O) groups excluding carboxylic acids is 1. The van der Waals surface area contributed by atoms with Gasteiger partial charge in [-0.2, -0.15) is 0 Å². The van der Waals surface area contributed by atoms with Crippen molar-refractivity contribution in [1.29, 1.82) is 0 Å². The standard InChI is InChI=1S/C12H23N3O2/c1-9-7-17-6-5-15(9)8-12(2,11(13)16)14-10-3-4-10/h9-10,14H,3-8H2,1-2H3,(H2,13,16). The van der Waals surface area contributed by atoms with Gasteiger partial charge in [0.05, 0.1) is 13.2 Å². The third kappa shape index (κ3) is 3.18. The van der Waals surface area contributed by atoms with Gasteiger partial charge in [0.25, 0.3) is 0 Å². The molecule has 2 aliphatic rings. The van der Waals surface area contributed by atoms with E-state index in [1.54, 1.807) is 0 Å². The van der Waals surface area contributed by atoms with E-state index in [1.807, 2.05) is 6.92 Å². The summed E-state index contributed by atoms with van der Waals surface area (Å²) in [5.74, 6) is -0.261. The lowest BCUT2D eigenvalue weighted by atomic mass is 9.99. The number of primary amides is 1. The van der Waals surface area contributed by atoms with Gasteiger partial charge >= 0.3 is 0 Å². The molecule has 1 heterocycles. The molecule has 0 bridgehead atoms. The number of nitrogens with two attached hydrogens (primary N) is 1. The number of hydrogen-bond acceptors (Lipinski definition) is 4. The van der Waals surface area contributed by atoms with E-state index in [1.165, 1.54) is 0 Å². The number of amides is 1. The summed E-state index contributed by atoms with van der Waals surface area (Å²) in [6.45, 7) is 7.05. The summed E-state index contributed by atoms with van der Waals surface area (Å²) in [6, 6.07) is 0.826. The van der Waals surface area contributed by atoms with Crippen LogP contribution in [-0.4, -0.2) is 54.7 Å². The first-order valence-electron chi connectivity index (χ1n) is 6.41. The Hall–Kier alpha value is -0.650. The molecule has 0 spiro atoms. The topological polar surface area (TPSA) is 67.6 Å². The van der Waals surface area contributed by atoms with Crippen molar-refractivity contribution in [2.45, 2.75) is 44.3 Å². The van der Waals surface area contributed by atoms with Crippen LogP contribution in [0.15, 0.2) is 0 Å². The van der Waals surface area contributed by atoms with Crippen LogP contribution in [-0.2, 0) is 9.53 Å². The number of ether oxygens (including phenoxy) is 1. The molecular weight excluding hydrogens is 218 g/mol. The molecule has 2 unspecified atom stereocenters. The maximum Gasteiger partial charge on any atom is 0.238 e. The lowest BCUT2D eigenvalue weighted by Crippen LogP contribution is -2.62. The van der Waals surface area contributed by atoms with Crippen LogP contribution >= 0.6 is 0 Å². The Kier molecular flexibility index (Phi) is 3.70. The van der Waals surface area contributed by atoms with E-state index in [2.05, 4.69) is 17.1 Å². The van der Waals surface area contributed by atoms with Gasteiger partial charge in [0.1, 0.15) is 5.54 Å². The first kappa shape index (κ1) is 12.8.